The minimum absolute atomic E-state index is 0.266. The number of hydrogen-bond acceptors (Lipinski definition) is 2. The molecule has 2 aromatic rings. The molecule has 0 radical (unpaired) electrons. The highest BCUT2D eigenvalue weighted by Crippen LogP contribution is 2.10. The first kappa shape index (κ1) is 13.4. The summed E-state index contributed by atoms with van der Waals surface area (Å²) < 4.78 is 0. The van der Waals surface area contributed by atoms with Gasteiger partial charge in [-0.25, -0.2) is 4.79 Å². The molecule has 1 heterocycles. The molecule has 0 fully saturated rings. The number of benzene rings is 1. The zero-order valence-electron chi connectivity index (χ0n) is 9.87. The zero-order chi connectivity index (χ0) is 13.8. The quantitative estimate of drug-likeness (QED) is 0.659. The molecule has 1 aromatic heterocycles. The van der Waals surface area contributed by atoms with Crippen molar-refractivity contribution in [2.75, 3.05) is 5.33 Å². The maximum Gasteiger partial charge on any atom is 0.341 e. The molecule has 96 valence electrons. The molecule has 0 amide bonds. The molecule has 1 aromatic carbocycles. The Morgan fingerprint density at radius 2 is 2.21 bits per heavy atom. The van der Waals surface area contributed by atoms with Gasteiger partial charge in [0.2, 0.25) is 5.43 Å². The van der Waals surface area contributed by atoms with Gasteiger partial charge in [-0.3, -0.25) is 4.79 Å². The SMILES string of the molecule is O=C(O)c1c[nH]c2ccc(C#CCCBr)cc2c1=O. The lowest BCUT2D eigenvalue weighted by atomic mass is 10.1. The number of aromatic amines is 1. The van der Waals surface area contributed by atoms with Gasteiger partial charge in [-0.2, -0.15) is 0 Å². The van der Waals surface area contributed by atoms with E-state index in [1.165, 1.54) is 6.20 Å². The fraction of sp³-hybridized carbons (Fsp3) is 0.143. The number of carbonyl (C=O) groups is 1. The molecule has 2 rings (SSSR count). The van der Waals surface area contributed by atoms with E-state index in [1.54, 1.807) is 18.2 Å². The summed E-state index contributed by atoms with van der Waals surface area (Å²) in [6.45, 7) is 0. The van der Waals surface area contributed by atoms with Crippen molar-refractivity contribution in [3.8, 4) is 11.8 Å². The van der Waals surface area contributed by atoms with Crippen LogP contribution in [0.1, 0.15) is 22.3 Å². The fourth-order valence-electron chi connectivity index (χ4n) is 1.67. The van der Waals surface area contributed by atoms with Crippen LogP contribution >= 0.6 is 15.9 Å². The van der Waals surface area contributed by atoms with Crippen LogP contribution in [0, 0.1) is 11.8 Å². The number of aromatic nitrogens is 1. The molecule has 4 nitrogen and oxygen atoms in total. The third-order valence-corrected chi connectivity index (χ3v) is 2.96. The number of alkyl halides is 1. The molecule has 0 aliphatic carbocycles. The fourth-order valence-corrected chi connectivity index (χ4v) is 1.87. The van der Waals surface area contributed by atoms with Gasteiger partial charge in [-0.15, -0.1) is 0 Å². The number of aromatic carboxylic acids is 1. The van der Waals surface area contributed by atoms with Crippen LogP contribution in [0.3, 0.4) is 0 Å². The summed E-state index contributed by atoms with van der Waals surface area (Å²) in [5.41, 5.74) is 0.533. The van der Waals surface area contributed by atoms with E-state index in [0.29, 0.717) is 22.9 Å². The van der Waals surface area contributed by atoms with Gasteiger partial charge >= 0.3 is 5.97 Å². The first-order valence-electron chi connectivity index (χ1n) is 5.57. The number of pyridine rings is 1. The number of halogens is 1. The van der Waals surface area contributed by atoms with E-state index in [9.17, 15) is 9.59 Å². The molecular weight excluding hydrogens is 310 g/mol. The van der Waals surface area contributed by atoms with Gasteiger partial charge in [0.1, 0.15) is 5.56 Å². The lowest BCUT2D eigenvalue weighted by Gasteiger charge is -2.00. The molecule has 0 bridgehead atoms. The molecule has 0 saturated carbocycles. The van der Waals surface area contributed by atoms with Crippen molar-refractivity contribution in [2.45, 2.75) is 6.42 Å². The van der Waals surface area contributed by atoms with Crippen molar-refractivity contribution in [1.82, 2.24) is 4.98 Å². The summed E-state index contributed by atoms with van der Waals surface area (Å²) >= 11 is 3.28. The summed E-state index contributed by atoms with van der Waals surface area (Å²) in [5.74, 6) is 4.64. The second-order valence-electron chi connectivity index (χ2n) is 3.84. The summed E-state index contributed by atoms with van der Waals surface area (Å²) in [6.07, 6.45) is 1.92. The van der Waals surface area contributed by atoms with E-state index in [0.717, 1.165) is 5.33 Å². The largest absolute Gasteiger partial charge is 0.477 e. The average molecular weight is 320 g/mol. The summed E-state index contributed by atoms with van der Waals surface area (Å²) in [4.78, 5) is 25.7. The van der Waals surface area contributed by atoms with Crippen molar-refractivity contribution in [3.63, 3.8) is 0 Å². The highest BCUT2D eigenvalue weighted by atomic mass is 79.9. The van der Waals surface area contributed by atoms with Gasteiger partial charge in [-0.1, -0.05) is 27.8 Å². The van der Waals surface area contributed by atoms with Crippen LogP contribution in [-0.2, 0) is 0 Å². The molecule has 0 spiro atoms. The highest BCUT2D eigenvalue weighted by molar-refractivity contribution is 9.09. The van der Waals surface area contributed by atoms with Gasteiger partial charge in [0, 0.05) is 34.4 Å². The van der Waals surface area contributed by atoms with Crippen LogP contribution in [0.15, 0.2) is 29.2 Å². The maximum absolute atomic E-state index is 12.0. The molecular formula is C14H10BrNO3. The van der Waals surface area contributed by atoms with Crippen molar-refractivity contribution in [3.05, 3.63) is 45.7 Å². The Bertz CT molecular complexity index is 753. The second-order valence-corrected chi connectivity index (χ2v) is 4.63. The van der Waals surface area contributed by atoms with Crippen LogP contribution in [0.4, 0.5) is 0 Å². The van der Waals surface area contributed by atoms with Crippen LogP contribution in [0.25, 0.3) is 10.9 Å². The molecule has 0 aliphatic rings. The van der Waals surface area contributed by atoms with Gasteiger partial charge in [0.15, 0.2) is 0 Å². The molecule has 5 heteroatoms. The smallest absolute Gasteiger partial charge is 0.341 e. The standard InChI is InChI=1S/C14H10BrNO3/c15-6-2-1-3-9-4-5-12-10(7-9)13(17)11(8-16-12)14(18)19/h4-5,7-8H,2,6H2,(H,16,17)(H,18,19). The summed E-state index contributed by atoms with van der Waals surface area (Å²) in [5, 5.41) is 10.0. The van der Waals surface area contributed by atoms with Crippen molar-refractivity contribution in [2.24, 2.45) is 0 Å². The van der Waals surface area contributed by atoms with Gasteiger partial charge in [0.25, 0.3) is 0 Å². The molecule has 2 N–H and O–H groups in total. The van der Waals surface area contributed by atoms with Crippen molar-refractivity contribution >= 4 is 32.8 Å². The average Bonchev–Trinajstić information content (AvgIpc) is 2.39. The van der Waals surface area contributed by atoms with E-state index in [4.69, 9.17) is 5.11 Å². The van der Waals surface area contributed by atoms with E-state index in [2.05, 4.69) is 32.8 Å². The number of H-pyrrole nitrogens is 1. The van der Waals surface area contributed by atoms with Gasteiger partial charge in [-0.05, 0) is 18.2 Å². The second kappa shape index (κ2) is 5.72. The topological polar surface area (TPSA) is 70.2 Å². The molecule has 0 atom stereocenters. The Morgan fingerprint density at radius 1 is 1.42 bits per heavy atom. The number of fused-ring (bicyclic) bond motifs is 1. The van der Waals surface area contributed by atoms with Crippen LogP contribution < -0.4 is 5.43 Å². The lowest BCUT2D eigenvalue weighted by Crippen LogP contribution is -2.15. The Hall–Kier alpha value is -2.06. The van der Waals surface area contributed by atoms with Gasteiger partial charge < -0.3 is 10.1 Å². The first-order chi connectivity index (χ1) is 9.13. The third kappa shape index (κ3) is 2.85. The maximum atomic E-state index is 12.0. The summed E-state index contributed by atoms with van der Waals surface area (Å²) in [7, 11) is 0. The van der Waals surface area contributed by atoms with Crippen LogP contribution in [0.2, 0.25) is 0 Å². The minimum Gasteiger partial charge on any atom is -0.477 e. The number of rotatable bonds is 2. The van der Waals surface area contributed by atoms with Gasteiger partial charge in [0.05, 0.1) is 0 Å². The monoisotopic (exact) mass is 319 g/mol. The number of carboxylic acid groups (broad SMARTS) is 1. The van der Waals surface area contributed by atoms with E-state index in [1.807, 2.05) is 0 Å². The van der Waals surface area contributed by atoms with Crippen LogP contribution in [0.5, 0.6) is 0 Å². The van der Waals surface area contributed by atoms with Crippen molar-refractivity contribution in [1.29, 1.82) is 0 Å². The van der Waals surface area contributed by atoms with Crippen molar-refractivity contribution < 1.29 is 9.90 Å². The molecule has 0 saturated heterocycles. The predicted octanol–water partition coefficient (Wildman–Crippen LogP) is 2.36. The number of carboxylic acids is 1. The minimum atomic E-state index is -1.24. The van der Waals surface area contributed by atoms with Crippen LogP contribution in [-0.4, -0.2) is 21.4 Å². The Labute approximate surface area is 117 Å². The molecule has 0 aliphatic heterocycles. The Kier molecular flexibility index (Phi) is 4.03. The Morgan fingerprint density at radius 3 is 2.89 bits per heavy atom. The first-order valence-corrected chi connectivity index (χ1v) is 6.69. The Balaban J connectivity index is 2.58. The predicted molar refractivity (Wildman–Crippen MR) is 76.8 cm³/mol. The molecule has 0 unspecified atom stereocenters. The molecule has 19 heavy (non-hydrogen) atoms. The highest BCUT2D eigenvalue weighted by Gasteiger charge is 2.11. The number of hydrogen-bond donors (Lipinski definition) is 2. The summed E-state index contributed by atoms with van der Waals surface area (Å²) in [6, 6.07) is 5.13. The normalized spacial score (nSPS) is 9.95. The zero-order valence-corrected chi connectivity index (χ0v) is 11.5. The van der Waals surface area contributed by atoms with E-state index < -0.39 is 11.4 Å². The lowest BCUT2D eigenvalue weighted by molar-refractivity contribution is 0.0695. The van der Waals surface area contributed by atoms with E-state index in [-0.39, 0.29) is 5.56 Å². The number of nitrogens with one attached hydrogen (secondary N) is 1. The van der Waals surface area contributed by atoms with E-state index >= 15 is 0 Å². The third-order valence-electron chi connectivity index (χ3n) is 2.56.